The lowest BCUT2D eigenvalue weighted by atomic mass is 10.1. The number of nitrogens with two attached hydrogens (primary N) is 1. The molecule has 5 nitrogen and oxygen atoms in total. The molecule has 0 aromatic carbocycles. The molecular formula is C6H11N2O3+. The number of carbonyl (C=O) groups excluding carboxylic acids is 2. The highest BCUT2D eigenvalue weighted by Crippen LogP contribution is 1.90. The van der Waals surface area contributed by atoms with Gasteiger partial charge in [-0.1, -0.05) is 0 Å². The van der Waals surface area contributed by atoms with Gasteiger partial charge in [-0.05, 0) is 0 Å². The van der Waals surface area contributed by atoms with Crippen molar-refractivity contribution in [2.75, 3.05) is 0 Å². The Kier molecular flexibility index (Phi) is 4.05. The third-order valence-corrected chi connectivity index (χ3v) is 1.26. The topological polar surface area (TPSA) is 110 Å². The van der Waals surface area contributed by atoms with Gasteiger partial charge in [-0.2, -0.15) is 0 Å². The molecule has 62 valence electrons. The summed E-state index contributed by atoms with van der Waals surface area (Å²) in [6.45, 7) is 0. The molecule has 0 aromatic heterocycles. The van der Waals surface area contributed by atoms with Crippen molar-refractivity contribution < 1.29 is 25.8 Å². The molecule has 0 amide bonds. The fraction of sp³-hybridized carbons (Fsp3) is 0.500. The Labute approximate surface area is 63.7 Å². The highest BCUT2D eigenvalue weighted by molar-refractivity contribution is 6.24. The molecule has 11 heavy (non-hydrogen) atoms. The Bertz CT molecular complexity index is 179. The van der Waals surface area contributed by atoms with E-state index in [1.807, 2.05) is 0 Å². The molecule has 0 aliphatic rings. The highest BCUT2D eigenvalue weighted by atomic mass is 16.4. The van der Waals surface area contributed by atoms with Crippen LogP contribution in [0.15, 0.2) is 0 Å². The number of carbonyl (C=O) groups is 2. The lowest BCUT2D eigenvalue weighted by molar-refractivity contribution is -0.438. The second-order valence-corrected chi connectivity index (χ2v) is 2.19. The molecule has 0 aliphatic heterocycles. The molecule has 0 aromatic rings. The van der Waals surface area contributed by atoms with E-state index in [4.69, 9.17) is 5.41 Å². The molecule has 0 heterocycles. The van der Waals surface area contributed by atoms with Crippen molar-refractivity contribution in [1.29, 1.82) is 0 Å². The van der Waals surface area contributed by atoms with Crippen molar-refractivity contribution in [3.63, 3.8) is 0 Å². The molecular weight excluding hydrogens is 148 g/mol. The summed E-state index contributed by atoms with van der Waals surface area (Å²) in [6.07, 6.45) is 1.20. The maximum Gasteiger partial charge on any atom is 0.218 e. The quantitative estimate of drug-likeness (QED) is 0.394. The van der Waals surface area contributed by atoms with Crippen LogP contribution in [0.4, 0.5) is 0 Å². The predicted molar refractivity (Wildman–Crippen MR) is 33.9 cm³/mol. The van der Waals surface area contributed by atoms with Gasteiger partial charge in [0.25, 0.3) is 0 Å². The Morgan fingerprint density at radius 1 is 1.64 bits per heavy atom. The van der Waals surface area contributed by atoms with Crippen LogP contribution in [0.2, 0.25) is 0 Å². The monoisotopic (exact) mass is 159 g/mol. The zero-order valence-corrected chi connectivity index (χ0v) is 6.08. The van der Waals surface area contributed by atoms with Crippen LogP contribution in [-0.2, 0) is 9.59 Å². The average molecular weight is 159 g/mol. The second kappa shape index (κ2) is 4.56. The summed E-state index contributed by atoms with van der Waals surface area (Å²) in [6, 6.07) is -0.834. The third-order valence-electron chi connectivity index (χ3n) is 1.26. The van der Waals surface area contributed by atoms with E-state index in [1.165, 1.54) is 0 Å². The van der Waals surface area contributed by atoms with Gasteiger partial charge < -0.3 is 15.6 Å². The van der Waals surface area contributed by atoms with Crippen molar-refractivity contribution in [1.82, 2.24) is 0 Å². The Hall–Kier alpha value is -1.23. The number of rotatable bonds is 5. The number of aliphatic carboxylic acids is 1. The summed E-state index contributed by atoms with van der Waals surface area (Å²) in [4.78, 5) is 20.6. The van der Waals surface area contributed by atoms with E-state index in [0.29, 0.717) is 0 Å². The average Bonchev–Trinajstić information content (AvgIpc) is 1.99. The zero-order valence-electron chi connectivity index (χ0n) is 6.08. The van der Waals surface area contributed by atoms with E-state index < -0.39 is 12.0 Å². The van der Waals surface area contributed by atoms with Crippen LogP contribution in [0.5, 0.6) is 0 Å². The largest absolute Gasteiger partial charge is 0.544 e. The van der Waals surface area contributed by atoms with Crippen LogP contribution in [0.25, 0.3) is 0 Å². The van der Waals surface area contributed by atoms with Crippen LogP contribution >= 0.6 is 0 Å². The SMILES string of the molecule is [NH2+]=CC(=O)CCC([NH3+])C(=O)[O-]. The normalized spacial score (nSPS) is 12.1. The number of carboxylic acid groups (broad SMARTS) is 1. The zero-order chi connectivity index (χ0) is 8.85. The first-order chi connectivity index (χ1) is 5.07. The summed E-state index contributed by atoms with van der Waals surface area (Å²) in [5.74, 6) is -1.52. The minimum atomic E-state index is -1.24. The van der Waals surface area contributed by atoms with Gasteiger partial charge in [-0.25, -0.2) is 0 Å². The molecule has 0 saturated carbocycles. The molecule has 5 heteroatoms. The molecule has 5 N–H and O–H groups in total. The fourth-order valence-electron chi connectivity index (χ4n) is 0.518. The number of Topliss-reactive ketones (excluding diaryl/α,β-unsaturated/α-hetero) is 1. The van der Waals surface area contributed by atoms with Crippen LogP contribution in [0.1, 0.15) is 12.8 Å². The first kappa shape index (κ1) is 9.77. The van der Waals surface area contributed by atoms with Crippen LogP contribution < -0.4 is 16.2 Å². The summed E-state index contributed by atoms with van der Waals surface area (Å²) in [5.41, 5.74) is 3.27. The fourth-order valence-corrected chi connectivity index (χ4v) is 0.518. The van der Waals surface area contributed by atoms with E-state index >= 15 is 0 Å². The van der Waals surface area contributed by atoms with E-state index in [0.717, 1.165) is 6.21 Å². The lowest BCUT2D eigenvalue weighted by Gasteiger charge is -2.06. The second-order valence-electron chi connectivity index (χ2n) is 2.19. The van der Waals surface area contributed by atoms with Crippen molar-refractivity contribution in [2.24, 2.45) is 0 Å². The van der Waals surface area contributed by atoms with Gasteiger partial charge in [0.2, 0.25) is 12.0 Å². The van der Waals surface area contributed by atoms with Gasteiger partial charge in [0.05, 0.1) is 5.97 Å². The number of hydrogen-bond donors (Lipinski definition) is 2. The lowest BCUT2D eigenvalue weighted by Crippen LogP contribution is -2.68. The smallest absolute Gasteiger partial charge is 0.218 e. The van der Waals surface area contributed by atoms with Gasteiger partial charge in [-0.3, -0.25) is 10.2 Å². The van der Waals surface area contributed by atoms with Gasteiger partial charge >= 0.3 is 0 Å². The Morgan fingerprint density at radius 3 is 2.55 bits per heavy atom. The van der Waals surface area contributed by atoms with E-state index in [-0.39, 0.29) is 18.6 Å². The standard InChI is InChI=1S/C6H10N2O3/c7-3-4(9)1-2-5(8)6(10)11/h3,5,7H,1-2,8H2,(H,10,11)/p+1. The molecule has 0 saturated heterocycles. The minimum Gasteiger partial charge on any atom is -0.544 e. The first-order valence-electron chi connectivity index (χ1n) is 3.19. The third kappa shape index (κ3) is 4.21. The highest BCUT2D eigenvalue weighted by Gasteiger charge is 2.09. The van der Waals surface area contributed by atoms with Gasteiger partial charge in [0.15, 0.2) is 0 Å². The van der Waals surface area contributed by atoms with Crippen LogP contribution in [-0.4, -0.2) is 24.0 Å². The van der Waals surface area contributed by atoms with E-state index in [2.05, 4.69) is 5.73 Å². The van der Waals surface area contributed by atoms with Crippen LogP contribution in [0.3, 0.4) is 0 Å². The van der Waals surface area contributed by atoms with Gasteiger partial charge in [0.1, 0.15) is 6.04 Å². The molecule has 0 radical (unpaired) electrons. The molecule has 0 bridgehead atoms. The van der Waals surface area contributed by atoms with Gasteiger partial charge in [0, 0.05) is 12.8 Å². The van der Waals surface area contributed by atoms with E-state index in [9.17, 15) is 14.7 Å². The van der Waals surface area contributed by atoms with Crippen LogP contribution in [0, 0.1) is 0 Å². The number of ketones is 1. The number of carboxylic acids is 1. The number of quaternary nitrogens is 1. The summed E-state index contributed by atoms with van der Waals surface area (Å²) >= 11 is 0. The molecule has 1 atom stereocenters. The van der Waals surface area contributed by atoms with Crippen molar-refractivity contribution in [2.45, 2.75) is 18.9 Å². The Morgan fingerprint density at radius 2 is 2.18 bits per heavy atom. The molecule has 0 spiro atoms. The summed E-state index contributed by atoms with van der Waals surface area (Å²) in [7, 11) is 0. The molecule has 0 aliphatic carbocycles. The van der Waals surface area contributed by atoms with Crippen molar-refractivity contribution in [3.05, 3.63) is 0 Å². The van der Waals surface area contributed by atoms with Crippen molar-refractivity contribution >= 4 is 18.0 Å². The molecule has 0 fully saturated rings. The molecule has 0 rings (SSSR count). The molecule has 1 unspecified atom stereocenters. The summed E-state index contributed by atoms with van der Waals surface area (Å²) in [5, 5.41) is 15.0. The van der Waals surface area contributed by atoms with Crippen molar-refractivity contribution in [3.8, 4) is 0 Å². The van der Waals surface area contributed by atoms with E-state index in [1.54, 1.807) is 0 Å². The van der Waals surface area contributed by atoms with Gasteiger partial charge in [-0.15, -0.1) is 0 Å². The maximum absolute atomic E-state index is 10.5. The minimum absolute atomic E-state index is 0.110. The first-order valence-corrected chi connectivity index (χ1v) is 3.19. The number of hydrogen-bond acceptors (Lipinski definition) is 3. The predicted octanol–water partition coefficient (Wildman–Crippen LogP) is -4.47. The Balaban J connectivity index is 3.62. The summed E-state index contributed by atoms with van der Waals surface area (Å²) < 4.78 is 0. The maximum atomic E-state index is 10.5.